The molecule has 19 heavy (non-hydrogen) atoms. The van der Waals surface area contributed by atoms with Crippen LogP contribution in [-0.2, 0) is 7.05 Å². The quantitative estimate of drug-likeness (QED) is 0.891. The van der Waals surface area contributed by atoms with Gasteiger partial charge in [0, 0.05) is 25.0 Å². The topological polar surface area (TPSA) is 52.0 Å². The lowest BCUT2D eigenvalue weighted by atomic mass is 10.0. The number of ether oxygens (including phenoxy) is 1. The van der Waals surface area contributed by atoms with Gasteiger partial charge in [-0.15, -0.1) is 0 Å². The summed E-state index contributed by atoms with van der Waals surface area (Å²) in [6, 6.07) is 3.80. The average molecular weight is 260 g/mol. The van der Waals surface area contributed by atoms with Gasteiger partial charge in [-0.05, 0) is 25.6 Å². The number of aromatic nitrogens is 3. The van der Waals surface area contributed by atoms with Crippen LogP contribution in [0.4, 0.5) is 0 Å². The Bertz CT molecular complexity index is 550. The first-order chi connectivity index (χ1) is 9.17. The van der Waals surface area contributed by atoms with Gasteiger partial charge in [-0.2, -0.15) is 5.10 Å². The zero-order valence-electron chi connectivity index (χ0n) is 11.8. The molecule has 2 rings (SSSR count). The summed E-state index contributed by atoms with van der Waals surface area (Å²) in [5.41, 5.74) is 3.02. The molecule has 5 heteroatoms. The second kappa shape index (κ2) is 5.84. The van der Waals surface area contributed by atoms with E-state index in [-0.39, 0.29) is 6.04 Å². The van der Waals surface area contributed by atoms with E-state index in [1.165, 1.54) is 0 Å². The lowest BCUT2D eigenvalue weighted by Gasteiger charge is -2.19. The van der Waals surface area contributed by atoms with E-state index in [0.29, 0.717) is 0 Å². The Morgan fingerprint density at radius 3 is 2.84 bits per heavy atom. The highest BCUT2D eigenvalue weighted by Crippen LogP contribution is 2.29. The Kier molecular flexibility index (Phi) is 4.16. The van der Waals surface area contributed by atoms with Gasteiger partial charge in [0.15, 0.2) is 0 Å². The number of rotatable bonds is 5. The zero-order valence-corrected chi connectivity index (χ0v) is 11.8. The molecule has 1 N–H and O–H groups in total. The Balaban J connectivity index is 2.48. The van der Waals surface area contributed by atoms with Crippen LogP contribution in [0.1, 0.15) is 29.9 Å². The van der Waals surface area contributed by atoms with Gasteiger partial charge in [-0.25, -0.2) is 0 Å². The van der Waals surface area contributed by atoms with Crippen LogP contribution in [0.25, 0.3) is 0 Å². The average Bonchev–Trinajstić information content (AvgIpc) is 2.75. The highest BCUT2D eigenvalue weighted by Gasteiger charge is 2.22. The van der Waals surface area contributed by atoms with Gasteiger partial charge in [-0.1, -0.05) is 6.92 Å². The number of methoxy groups -OCH3 is 1. The van der Waals surface area contributed by atoms with E-state index in [2.05, 4.69) is 22.3 Å². The van der Waals surface area contributed by atoms with Crippen molar-refractivity contribution in [3.63, 3.8) is 0 Å². The standard InChI is InChI=1S/C14H20N4O/c1-5-15-13(11-9-18(3)17-10(11)2)14-12(19-4)7-6-8-16-14/h6-9,13,15H,5H2,1-4H3. The summed E-state index contributed by atoms with van der Waals surface area (Å²) < 4.78 is 7.23. The second-order valence-corrected chi connectivity index (χ2v) is 4.43. The first kappa shape index (κ1) is 13.5. The largest absolute Gasteiger partial charge is 0.495 e. The van der Waals surface area contributed by atoms with Gasteiger partial charge in [-0.3, -0.25) is 9.67 Å². The molecule has 0 spiro atoms. The van der Waals surface area contributed by atoms with Crippen LogP contribution in [0.15, 0.2) is 24.5 Å². The monoisotopic (exact) mass is 260 g/mol. The predicted molar refractivity (Wildman–Crippen MR) is 74.3 cm³/mol. The van der Waals surface area contributed by atoms with Crippen LogP contribution in [0.2, 0.25) is 0 Å². The number of pyridine rings is 1. The molecule has 0 radical (unpaired) electrons. The highest BCUT2D eigenvalue weighted by atomic mass is 16.5. The van der Waals surface area contributed by atoms with E-state index < -0.39 is 0 Å². The number of aryl methyl sites for hydroxylation is 2. The molecule has 0 saturated heterocycles. The number of hydrogen-bond donors (Lipinski definition) is 1. The van der Waals surface area contributed by atoms with Gasteiger partial charge in [0.1, 0.15) is 11.4 Å². The second-order valence-electron chi connectivity index (χ2n) is 4.43. The normalized spacial score (nSPS) is 12.4. The fraction of sp³-hybridized carbons (Fsp3) is 0.429. The molecule has 0 fully saturated rings. The van der Waals surface area contributed by atoms with E-state index >= 15 is 0 Å². The molecule has 102 valence electrons. The Morgan fingerprint density at radius 1 is 1.47 bits per heavy atom. The molecule has 0 aliphatic rings. The van der Waals surface area contributed by atoms with Crippen molar-refractivity contribution in [2.45, 2.75) is 19.9 Å². The van der Waals surface area contributed by atoms with E-state index in [0.717, 1.165) is 29.2 Å². The molecular formula is C14H20N4O. The molecule has 2 aromatic heterocycles. The maximum absolute atomic E-state index is 5.41. The summed E-state index contributed by atoms with van der Waals surface area (Å²) in [4.78, 5) is 4.47. The summed E-state index contributed by atoms with van der Waals surface area (Å²) in [7, 11) is 3.59. The molecule has 0 aromatic carbocycles. The Morgan fingerprint density at radius 2 is 2.26 bits per heavy atom. The molecule has 1 atom stereocenters. The van der Waals surface area contributed by atoms with E-state index in [1.807, 2.05) is 37.0 Å². The number of hydrogen-bond acceptors (Lipinski definition) is 4. The molecule has 2 heterocycles. The van der Waals surface area contributed by atoms with Crippen molar-refractivity contribution >= 4 is 0 Å². The SMILES string of the molecule is CCNC(c1cn(C)nc1C)c1ncccc1OC. The third-order valence-electron chi connectivity index (χ3n) is 3.06. The lowest BCUT2D eigenvalue weighted by Crippen LogP contribution is -2.23. The van der Waals surface area contributed by atoms with Crippen molar-refractivity contribution in [2.75, 3.05) is 13.7 Å². The van der Waals surface area contributed by atoms with Crippen LogP contribution in [0, 0.1) is 6.92 Å². The zero-order chi connectivity index (χ0) is 13.8. The first-order valence-electron chi connectivity index (χ1n) is 6.39. The van der Waals surface area contributed by atoms with E-state index in [1.54, 1.807) is 13.3 Å². The molecule has 5 nitrogen and oxygen atoms in total. The summed E-state index contributed by atoms with van der Waals surface area (Å²) in [6.45, 7) is 4.93. The van der Waals surface area contributed by atoms with Crippen LogP contribution in [-0.4, -0.2) is 28.4 Å². The summed E-state index contributed by atoms with van der Waals surface area (Å²) in [5.74, 6) is 0.789. The molecule has 2 aromatic rings. The van der Waals surface area contributed by atoms with Crippen molar-refractivity contribution in [3.05, 3.63) is 41.5 Å². The van der Waals surface area contributed by atoms with E-state index in [9.17, 15) is 0 Å². The minimum atomic E-state index is -0.00477. The van der Waals surface area contributed by atoms with Crippen LogP contribution >= 0.6 is 0 Å². The van der Waals surface area contributed by atoms with Gasteiger partial charge >= 0.3 is 0 Å². The van der Waals surface area contributed by atoms with E-state index in [4.69, 9.17) is 4.74 Å². The molecule has 0 aliphatic carbocycles. The molecule has 0 bridgehead atoms. The van der Waals surface area contributed by atoms with Crippen LogP contribution in [0.3, 0.4) is 0 Å². The van der Waals surface area contributed by atoms with Gasteiger partial charge in [0.25, 0.3) is 0 Å². The van der Waals surface area contributed by atoms with Crippen molar-refractivity contribution in [2.24, 2.45) is 7.05 Å². The number of nitrogens with one attached hydrogen (secondary N) is 1. The summed E-state index contributed by atoms with van der Waals surface area (Å²) in [6.07, 6.45) is 3.81. The fourth-order valence-electron chi connectivity index (χ4n) is 2.25. The van der Waals surface area contributed by atoms with Gasteiger partial charge in [0.05, 0.1) is 18.8 Å². The third kappa shape index (κ3) is 2.76. The van der Waals surface area contributed by atoms with Crippen LogP contribution in [0.5, 0.6) is 5.75 Å². The smallest absolute Gasteiger partial charge is 0.142 e. The fourth-order valence-corrected chi connectivity index (χ4v) is 2.25. The van der Waals surface area contributed by atoms with Crippen molar-refractivity contribution in [1.29, 1.82) is 0 Å². The minimum Gasteiger partial charge on any atom is -0.495 e. The lowest BCUT2D eigenvalue weighted by molar-refractivity contribution is 0.400. The number of nitrogens with zero attached hydrogens (tertiary/aromatic N) is 3. The Hall–Kier alpha value is -1.88. The molecule has 0 saturated carbocycles. The van der Waals surface area contributed by atoms with Crippen molar-refractivity contribution < 1.29 is 4.74 Å². The predicted octanol–water partition coefficient (Wildman–Crippen LogP) is 1.83. The Labute approximate surface area is 113 Å². The molecule has 1 unspecified atom stereocenters. The van der Waals surface area contributed by atoms with Crippen molar-refractivity contribution in [3.8, 4) is 5.75 Å². The summed E-state index contributed by atoms with van der Waals surface area (Å²) in [5, 5.41) is 7.85. The third-order valence-corrected chi connectivity index (χ3v) is 3.06. The maximum Gasteiger partial charge on any atom is 0.142 e. The van der Waals surface area contributed by atoms with Crippen molar-refractivity contribution in [1.82, 2.24) is 20.1 Å². The van der Waals surface area contributed by atoms with Gasteiger partial charge in [0.2, 0.25) is 0 Å². The summed E-state index contributed by atoms with van der Waals surface area (Å²) >= 11 is 0. The van der Waals surface area contributed by atoms with Crippen LogP contribution < -0.4 is 10.1 Å². The highest BCUT2D eigenvalue weighted by molar-refractivity contribution is 5.37. The first-order valence-corrected chi connectivity index (χ1v) is 6.39. The molecule has 0 aliphatic heterocycles. The molecular weight excluding hydrogens is 240 g/mol. The minimum absolute atomic E-state index is 0.00477. The molecule has 0 amide bonds. The van der Waals surface area contributed by atoms with Gasteiger partial charge < -0.3 is 10.1 Å². The maximum atomic E-state index is 5.41.